The molecule has 0 saturated heterocycles. The van der Waals surface area contributed by atoms with Crippen LogP contribution in [0.1, 0.15) is 12.5 Å². The Morgan fingerprint density at radius 1 is 1.10 bits per heavy atom. The molecule has 0 radical (unpaired) electrons. The summed E-state index contributed by atoms with van der Waals surface area (Å²) < 4.78 is 5.49. The van der Waals surface area contributed by atoms with Gasteiger partial charge in [0.15, 0.2) is 0 Å². The zero-order valence-corrected chi connectivity index (χ0v) is 11.7. The van der Waals surface area contributed by atoms with Crippen LogP contribution in [0.4, 0.5) is 0 Å². The SMILES string of the molecule is CCOc1ccc2nc(-c3ccccc3)cc(C#N)c2c1. The summed E-state index contributed by atoms with van der Waals surface area (Å²) >= 11 is 0. The van der Waals surface area contributed by atoms with Gasteiger partial charge in [0.05, 0.1) is 29.5 Å². The average Bonchev–Trinajstić information content (AvgIpc) is 2.55. The second kappa shape index (κ2) is 5.64. The van der Waals surface area contributed by atoms with Gasteiger partial charge in [-0.05, 0) is 31.2 Å². The molecule has 0 unspecified atom stereocenters. The highest BCUT2D eigenvalue weighted by molar-refractivity contribution is 5.88. The van der Waals surface area contributed by atoms with Crippen molar-refractivity contribution >= 4 is 10.9 Å². The first-order valence-corrected chi connectivity index (χ1v) is 6.85. The van der Waals surface area contributed by atoms with Gasteiger partial charge in [-0.25, -0.2) is 4.98 Å². The first kappa shape index (κ1) is 13.1. The van der Waals surface area contributed by atoms with Gasteiger partial charge >= 0.3 is 0 Å². The van der Waals surface area contributed by atoms with Crippen molar-refractivity contribution in [3.05, 3.63) is 60.2 Å². The number of hydrogen-bond donors (Lipinski definition) is 0. The van der Waals surface area contributed by atoms with E-state index in [4.69, 9.17) is 4.74 Å². The van der Waals surface area contributed by atoms with Gasteiger partial charge in [-0.1, -0.05) is 30.3 Å². The minimum absolute atomic E-state index is 0.600. The molecule has 0 spiro atoms. The molecule has 0 aliphatic heterocycles. The summed E-state index contributed by atoms with van der Waals surface area (Å²) in [5, 5.41) is 10.2. The first-order valence-electron chi connectivity index (χ1n) is 6.85. The number of fused-ring (bicyclic) bond motifs is 1. The summed E-state index contributed by atoms with van der Waals surface area (Å²) in [6, 6.07) is 19.6. The highest BCUT2D eigenvalue weighted by atomic mass is 16.5. The van der Waals surface area contributed by atoms with Crippen LogP contribution in [0.25, 0.3) is 22.2 Å². The maximum Gasteiger partial charge on any atom is 0.120 e. The van der Waals surface area contributed by atoms with Gasteiger partial charge in [0.1, 0.15) is 5.75 Å². The number of ether oxygens (including phenoxy) is 1. The molecule has 3 heteroatoms. The number of aromatic nitrogens is 1. The molecule has 3 aromatic rings. The number of nitriles is 1. The Hall–Kier alpha value is -2.86. The molecule has 0 bridgehead atoms. The van der Waals surface area contributed by atoms with E-state index in [-0.39, 0.29) is 0 Å². The monoisotopic (exact) mass is 274 g/mol. The van der Waals surface area contributed by atoms with E-state index >= 15 is 0 Å². The van der Waals surface area contributed by atoms with E-state index in [0.29, 0.717) is 12.2 Å². The van der Waals surface area contributed by atoms with Crippen molar-refractivity contribution in [2.45, 2.75) is 6.92 Å². The van der Waals surface area contributed by atoms with E-state index in [0.717, 1.165) is 27.9 Å². The zero-order valence-electron chi connectivity index (χ0n) is 11.7. The van der Waals surface area contributed by atoms with Gasteiger partial charge in [0.25, 0.3) is 0 Å². The molecule has 0 N–H and O–H groups in total. The number of pyridine rings is 1. The second-order valence-electron chi connectivity index (χ2n) is 4.64. The standard InChI is InChI=1S/C18H14N2O/c1-2-21-15-8-9-17-16(11-15)14(12-19)10-18(20-17)13-6-4-3-5-7-13/h3-11H,2H2,1H3. The molecule has 2 aromatic carbocycles. The fourth-order valence-electron chi connectivity index (χ4n) is 2.31. The molecule has 0 aliphatic rings. The van der Waals surface area contributed by atoms with Crippen molar-refractivity contribution in [1.82, 2.24) is 4.98 Å². The van der Waals surface area contributed by atoms with Crippen molar-refractivity contribution in [3.63, 3.8) is 0 Å². The van der Waals surface area contributed by atoms with Crippen LogP contribution in [0, 0.1) is 11.3 Å². The molecule has 21 heavy (non-hydrogen) atoms. The Morgan fingerprint density at radius 3 is 2.62 bits per heavy atom. The highest BCUT2D eigenvalue weighted by Gasteiger charge is 2.08. The van der Waals surface area contributed by atoms with Crippen LogP contribution < -0.4 is 4.74 Å². The molecular formula is C18H14N2O. The van der Waals surface area contributed by atoms with E-state index < -0.39 is 0 Å². The molecule has 1 heterocycles. The topological polar surface area (TPSA) is 45.9 Å². The fourth-order valence-corrected chi connectivity index (χ4v) is 2.31. The van der Waals surface area contributed by atoms with Crippen LogP contribution in [0.2, 0.25) is 0 Å². The predicted molar refractivity (Wildman–Crippen MR) is 83.1 cm³/mol. The smallest absolute Gasteiger partial charge is 0.120 e. The molecule has 1 aromatic heterocycles. The summed E-state index contributed by atoms with van der Waals surface area (Å²) in [5.41, 5.74) is 3.23. The lowest BCUT2D eigenvalue weighted by molar-refractivity contribution is 0.340. The van der Waals surface area contributed by atoms with Crippen molar-refractivity contribution in [2.24, 2.45) is 0 Å². The van der Waals surface area contributed by atoms with Crippen LogP contribution in [0.5, 0.6) is 5.75 Å². The maximum absolute atomic E-state index is 9.41. The lowest BCUT2D eigenvalue weighted by Gasteiger charge is -2.08. The zero-order chi connectivity index (χ0) is 14.7. The Bertz CT molecular complexity index is 820. The molecule has 102 valence electrons. The Kier molecular flexibility index (Phi) is 3.53. The Balaban J connectivity index is 2.19. The first-order chi connectivity index (χ1) is 10.3. The van der Waals surface area contributed by atoms with Gasteiger partial charge in [-0.15, -0.1) is 0 Å². The summed E-state index contributed by atoms with van der Waals surface area (Å²) in [6.07, 6.45) is 0. The number of benzene rings is 2. The maximum atomic E-state index is 9.41. The summed E-state index contributed by atoms with van der Waals surface area (Å²) in [5.74, 6) is 0.760. The van der Waals surface area contributed by atoms with E-state index in [2.05, 4.69) is 11.1 Å². The molecule has 0 atom stereocenters. The lowest BCUT2D eigenvalue weighted by atomic mass is 10.0. The third-order valence-electron chi connectivity index (χ3n) is 3.28. The highest BCUT2D eigenvalue weighted by Crippen LogP contribution is 2.27. The quantitative estimate of drug-likeness (QED) is 0.720. The predicted octanol–water partition coefficient (Wildman–Crippen LogP) is 4.17. The molecule has 0 amide bonds. The minimum Gasteiger partial charge on any atom is -0.494 e. The van der Waals surface area contributed by atoms with E-state index in [1.165, 1.54) is 0 Å². The molecular weight excluding hydrogens is 260 g/mol. The molecule has 0 fully saturated rings. The fraction of sp³-hybridized carbons (Fsp3) is 0.111. The van der Waals surface area contributed by atoms with Gasteiger partial charge in [0, 0.05) is 10.9 Å². The van der Waals surface area contributed by atoms with Crippen molar-refractivity contribution in [2.75, 3.05) is 6.61 Å². The second-order valence-corrected chi connectivity index (χ2v) is 4.64. The third-order valence-corrected chi connectivity index (χ3v) is 3.28. The minimum atomic E-state index is 0.600. The van der Waals surface area contributed by atoms with Crippen LogP contribution >= 0.6 is 0 Å². The van der Waals surface area contributed by atoms with Crippen molar-refractivity contribution < 1.29 is 4.74 Å². The van der Waals surface area contributed by atoms with E-state index in [1.54, 1.807) is 0 Å². The number of rotatable bonds is 3. The van der Waals surface area contributed by atoms with Gasteiger partial charge in [-0.3, -0.25) is 0 Å². The summed E-state index contributed by atoms with van der Waals surface area (Å²) in [6.45, 7) is 2.54. The summed E-state index contributed by atoms with van der Waals surface area (Å²) in [4.78, 5) is 4.65. The Morgan fingerprint density at radius 2 is 1.90 bits per heavy atom. The van der Waals surface area contributed by atoms with Gasteiger partial charge in [-0.2, -0.15) is 5.26 Å². The largest absolute Gasteiger partial charge is 0.494 e. The van der Waals surface area contributed by atoms with Crippen LogP contribution in [-0.4, -0.2) is 11.6 Å². The van der Waals surface area contributed by atoms with Gasteiger partial charge in [0.2, 0.25) is 0 Å². The van der Waals surface area contributed by atoms with E-state index in [1.807, 2.05) is 61.5 Å². The molecule has 3 nitrogen and oxygen atoms in total. The normalized spacial score (nSPS) is 10.3. The van der Waals surface area contributed by atoms with Crippen LogP contribution in [0.3, 0.4) is 0 Å². The van der Waals surface area contributed by atoms with Crippen LogP contribution in [0.15, 0.2) is 54.6 Å². The molecule has 0 saturated carbocycles. The van der Waals surface area contributed by atoms with Crippen molar-refractivity contribution in [3.8, 4) is 23.1 Å². The van der Waals surface area contributed by atoms with E-state index in [9.17, 15) is 5.26 Å². The number of nitrogens with zero attached hydrogens (tertiary/aromatic N) is 2. The third kappa shape index (κ3) is 2.56. The lowest BCUT2D eigenvalue weighted by Crippen LogP contribution is -1.93. The van der Waals surface area contributed by atoms with Gasteiger partial charge < -0.3 is 4.74 Å². The van der Waals surface area contributed by atoms with Crippen molar-refractivity contribution in [1.29, 1.82) is 5.26 Å². The summed E-state index contributed by atoms with van der Waals surface area (Å²) in [7, 11) is 0. The Labute approximate surface area is 123 Å². The molecule has 3 rings (SSSR count). The number of hydrogen-bond acceptors (Lipinski definition) is 3. The van der Waals surface area contributed by atoms with Crippen LogP contribution in [-0.2, 0) is 0 Å². The average molecular weight is 274 g/mol. The molecule has 0 aliphatic carbocycles.